The van der Waals surface area contributed by atoms with Gasteiger partial charge < -0.3 is 15.7 Å². The predicted molar refractivity (Wildman–Crippen MR) is 90.3 cm³/mol. The Bertz CT molecular complexity index is 527. The van der Waals surface area contributed by atoms with Crippen LogP contribution >= 0.6 is 11.3 Å². The molecule has 0 saturated heterocycles. The van der Waals surface area contributed by atoms with E-state index >= 15 is 0 Å². The largest absolute Gasteiger partial charge is 0.434 e. The molecule has 0 saturated carbocycles. The number of rotatable bonds is 8. The van der Waals surface area contributed by atoms with Crippen molar-refractivity contribution in [1.29, 1.82) is 0 Å². The van der Waals surface area contributed by atoms with Crippen LogP contribution in [0, 0.1) is 0 Å². The lowest BCUT2D eigenvalue weighted by Crippen LogP contribution is -2.40. The molecule has 0 atom stereocenters. The van der Waals surface area contributed by atoms with Gasteiger partial charge in [-0.1, -0.05) is 13.8 Å². The van der Waals surface area contributed by atoms with E-state index in [1.165, 1.54) is 0 Å². The average Bonchev–Trinajstić information content (AvgIpc) is 3.01. The summed E-state index contributed by atoms with van der Waals surface area (Å²) in [7, 11) is 0. The molecule has 1 heterocycles. The van der Waals surface area contributed by atoms with Gasteiger partial charge in [0.1, 0.15) is 0 Å². The van der Waals surface area contributed by atoms with E-state index in [0.29, 0.717) is 43.3 Å². The molecule has 24 heavy (non-hydrogen) atoms. The van der Waals surface area contributed by atoms with Crippen LogP contribution in [-0.2, 0) is 12.6 Å². The van der Waals surface area contributed by atoms with Gasteiger partial charge in [0, 0.05) is 24.9 Å². The molecule has 0 spiro atoms. The second-order valence-electron chi connectivity index (χ2n) is 5.43. The number of thiazole rings is 1. The van der Waals surface area contributed by atoms with E-state index in [0.717, 1.165) is 16.7 Å². The molecule has 3 N–H and O–H groups in total. The van der Waals surface area contributed by atoms with E-state index in [-0.39, 0.29) is 6.54 Å². The molecular formula is C15H25F3N4OS. The highest BCUT2D eigenvalue weighted by atomic mass is 32.1. The molecule has 1 aromatic rings. The molecule has 0 unspecified atom stereocenters. The van der Waals surface area contributed by atoms with Crippen LogP contribution in [0.4, 0.5) is 13.2 Å². The SMILES string of the molecule is CCNC(=NCC(O)(CC)CC)NCCc1nc(C(F)(F)F)cs1. The van der Waals surface area contributed by atoms with Crippen LogP contribution in [0.25, 0.3) is 0 Å². The highest BCUT2D eigenvalue weighted by Gasteiger charge is 2.33. The molecule has 0 aromatic carbocycles. The monoisotopic (exact) mass is 366 g/mol. The Morgan fingerprint density at radius 3 is 2.42 bits per heavy atom. The van der Waals surface area contributed by atoms with Gasteiger partial charge in [0.25, 0.3) is 0 Å². The second kappa shape index (κ2) is 9.22. The smallest absolute Gasteiger partial charge is 0.388 e. The van der Waals surface area contributed by atoms with Crippen LogP contribution in [0.3, 0.4) is 0 Å². The zero-order valence-corrected chi connectivity index (χ0v) is 15.0. The van der Waals surface area contributed by atoms with Crippen molar-refractivity contribution < 1.29 is 18.3 Å². The summed E-state index contributed by atoms with van der Waals surface area (Å²) in [5.41, 5.74) is -1.68. The average molecular weight is 366 g/mol. The van der Waals surface area contributed by atoms with Crippen LogP contribution in [-0.4, -0.2) is 41.3 Å². The number of nitrogens with zero attached hydrogens (tertiary/aromatic N) is 2. The van der Waals surface area contributed by atoms with Crippen molar-refractivity contribution in [1.82, 2.24) is 15.6 Å². The van der Waals surface area contributed by atoms with E-state index in [9.17, 15) is 18.3 Å². The van der Waals surface area contributed by atoms with Gasteiger partial charge in [0.15, 0.2) is 11.7 Å². The lowest BCUT2D eigenvalue weighted by Gasteiger charge is -2.23. The van der Waals surface area contributed by atoms with Crippen LogP contribution in [0.1, 0.15) is 44.3 Å². The predicted octanol–water partition coefficient (Wildman–Crippen LogP) is 2.81. The number of aliphatic hydroxyl groups is 1. The summed E-state index contributed by atoms with van der Waals surface area (Å²) < 4.78 is 37.5. The molecule has 138 valence electrons. The third-order valence-electron chi connectivity index (χ3n) is 3.67. The number of hydrogen-bond donors (Lipinski definition) is 3. The molecule has 0 fully saturated rings. The van der Waals surface area contributed by atoms with Crippen molar-refractivity contribution in [2.24, 2.45) is 4.99 Å². The number of nitrogens with one attached hydrogen (secondary N) is 2. The number of alkyl halides is 3. The maximum atomic E-state index is 12.5. The molecule has 0 radical (unpaired) electrons. The number of hydrogen-bond acceptors (Lipinski definition) is 4. The Balaban J connectivity index is 2.56. The minimum Gasteiger partial charge on any atom is -0.388 e. The number of halogens is 3. The van der Waals surface area contributed by atoms with Crippen LogP contribution < -0.4 is 10.6 Å². The summed E-state index contributed by atoms with van der Waals surface area (Å²) in [5, 5.41) is 17.8. The van der Waals surface area contributed by atoms with E-state index in [1.54, 1.807) is 0 Å². The van der Waals surface area contributed by atoms with Crippen LogP contribution in [0.2, 0.25) is 0 Å². The molecule has 0 bridgehead atoms. The van der Waals surface area contributed by atoms with Crippen molar-refractivity contribution in [2.75, 3.05) is 19.6 Å². The Morgan fingerprint density at radius 2 is 1.92 bits per heavy atom. The van der Waals surface area contributed by atoms with Crippen LogP contribution in [0.15, 0.2) is 10.4 Å². The minimum absolute atomic E-state index is 0.269. The summed E-state index contributed by atoms with van der Waals surface area (Å²) in [6, 6.07) is 0. The quantitative estimate of drug-likeness (QED) is 0.489. The molecular weight excluding hydrogens is 341 g/mol. The molecule has 0 aliphatic heterocycles. The van der Waals surface area contributed by atoms with E-state index in [4.69, 9.17) is 0 Å². The van der Waals surface area contributed by atoms with Crippen molar-refractivity contribution in [2.45, 2.75) is 51.8 Å². The van der Waals surface area contributed by atoms with Gasteiger partial charge in [-0.05, 0) is 19.8 Å². The van der Waals surface area contributed by atoms with E-state index < -0.39 is 17.5 Å². The van der Waals surface area contributed by atoms with Crippen molar-refractivity contribution >= 4 is 17.3 Å². The van der Waals surface area contributed by atoms with Gasteiger partial charge >= 0.3 is 6.18 Å². The molecule has 5 nitrogen and oxygen atoms in total. The summed E-state index contributed by atoms with van der Waals surface area (Å²) in [6.45, 7) is 7.05. The van der Waals surface area contributed by atoms with Gasteiger partial charge in [-0.2, -0.15) is 13.2 Å². The highest BCUT2D eigenvalue weighted by molar-refractivity contribution is 7.09. The fraction of sp³-hybridized carbons (Fsp3) is 0.733. The number of aromatic nitrogens is 1. The highest BCUT2D eigenvalue weighted by Crippen LogP contribution is 2.29. The summed E-state index contributed by atoms with van der Waals surface area (Å²) in [5.74, 6) is 0.533. The van der Waals surface area contributed by atoms with Crippen molar-refractivity contribution in [3.63, 3.8) is 0 Å². The Hall–Kier alpha value is -1.35. The first-order valence-corrected chi connectivity index (χ1v) is 8.88. The van der Waals surface area contributed by atoms with Crippen molar-refractivity contribution in [3.05, 3.63) is 16.1 Å². The van der Waals surface area contributed by atoms with Gasteiger partial charge in [0.05, 0.1) is 17.2 Å². The topological polar surface area (TPSA) is 69.5 Å². The number of guanidine groups is 1. The fourth-order valence-electron chi connectivity index (χ4n) is 1.89. The minimum atomic E-state index is -4.40. The van der Waals surface area contributed by atoms with Gasteiger partial charge in [-0.15, -0.1) is 11.3 Å². The van der Waals surface area contributed by atoms with Gasteiger partial charge in [-0.3, -0.25) is 4.99 Å². The second-order valence-corrected chi connectivity index (χ2v) is 6.37. The third-order valence-corrected chi connectivity index (χ3v) is 4.57. The Labute approximate surface area is 144 Å². The van der Waals surface area contributed by atoms with E-state index in [2.05, 4.69) is 20.6 Å². The summed E-state index contributed by atoms with van der Waals surface area (Å²) in [6.07, 6.45) is -2.82. The molecule has 0 aliphatic rings. The van der Waals surface area contributed by atoms with Crippen LogP contribution in [0.5, 0.6) is 0 Å². The lowest BCUT2D eigenvalue weighted by atomic mass is 9.98. The molecule has 0 amide bonds. The molecule has 1 rings (SSSR count). The van der Waals surface area contributed by atoms with Gasteiger partial charge in [-0.25, -0.2) is 4.98 Å². The lowest BCUT2D eigenvalue weighted by molar-refractivity contribution is -0.140. The summed E-state index contributed by atoms with van der Waals surface area (Å²) >= 11 is 0.995. The molecule has 9 heteroatoms. The Morgan fingerprint density at radius 1 is 1.25 bits per heavy atom. The van der Waals surface area contributed by atoms with Gasteiger partial charge in [0.2, 0.25) is 0 Å². The summed E-state index contributed by atoms with van der Waals surface area (Å²) in [4.78, 5) is 7.94. The Kier molecular flexibility index (Phi) is 7.95. The normalized spacial score (nSPS) is 13.2. The van der Waals surface area contributed by atoms with E-state index in [1.807, 2.05) is 20.8 Å². The molecule has 1 aromatic heterocycles. The first-order valence-electron chi connectivity index (χ1n) is 8.00. The first kappa shape index (κ1) is 20.7. The first-order chi connectivity index (χ1) is 11.2. The molecule has 0 aliphatic carbocycles. The maximum absolute atomic E-state index is 12.5. The third kappa shape index (κ3) is 6.64. The maximum Gasteiger partial charge on any atom is 0.434 e. The zero-order chi connectivity index (χ0) is 18.2. The standard InChI is InChI=1S/C15H25F3N4OS/c1-4-14(23,5-2)10-21-13(19-6-3)20-8-7-12-22-11(9-24-12)15(16,17)18/h9,23H,4-8,10H2,1-3H3,(H2,19,20,21). The number of aliphatic imine (C=N–C) groups is 1. The zero-order valence-electron chi connectivity index (χ0n) is 14.2. The van der Waals surface area contributed by atoms with Crippen molar-refractivity contribution in [3.8, 4) is 0 Å². The fourth-order valence-corrected chi connectivity index (χ4v) is 2.69.